The highest BCUT2D eigenvalue weighted by atomic mass is 15.1. The van der Waals surface area contributed by atoms with Gasteiger partial charge >= 0.3 is 0 Å². The lowest BCUT2D eigenvalue weighted by Gasteiger charge is -2.21. The van der Waals surface area contributed by atoms with Gasteiger partial charge in [0, 0.05) is 54.9 Å². The zero-order valence-electron chi connectivity index (χ0n) is 38.4. The van der Waals surface area contributed by atoms with Crippen LogP contribution in [-0.2, 0) is 0 Å². The van der Waals surface area contributed by atoms with Gasteiger partial charge in [0.15, 0.2) is 34.9 Å². The van der Waals surface area contributed by atoms with Crippen molar-refractivity contribution < 1.29 is 0 Å². The van der Waals surface area contributed by atoms with E-state index in [2.05, 4.69) is 120 Å². The molecule has 0 N–H and O–H groups in total. The molecule has 70 heavy (non-hydrogen) atoms. The van der Waals surface area contributed by atoms with Gasteiger partial charge in [0.05, 0.1) is 33.4 Å². The number of fused-ring (bicyclic) bond motifs is 6. The molecule has 0 aliphatic heterocycles. The number of aromatic nitrogens is 8. The van der Waals surface area contributed by atoms with E-state index in [9.17, 15) is 0 Å². The SMILES string of the molecule is Cc1ccc2c(c1)c1cc(C)ccc1n2-c1cc(-n2c3ccccc3c3ccccc32)c(-c2nc(-c3ccccc3)nc(-c3ccccc3)n2)cc1-c1nc(-c2ccccc2)nc(-c2ccccc2)n1. The average Bonchev–Trinajstić information content (AvgIpc) is 3.93. The molecule has 4 heterocycles. The largest absolute Gasteiger partial charge is 0.308 e. The van der Waals surface area contributed by atoms with E-state index in [1.165, 1.54) is 11.1 Å². The molecule has 0 radical (unpaired) electrons. The molecule has 9 aromatic carbocycles. The van der Waals surface area contributed by atoms with E-state index in [4.69, 9.17) is 29.9 Å². The minimum Gasteiger partial charge on any atom is -0.308 e. The molecule has 0 saturated heterocycles. The zero-order chi connectivity index (χ0) is 46.7. The van der Waals surface area contributed by atoms with Crippen molar-refractivity contribution in [3.05, 3.63) is 230 Å². The van der Waals surface area contributed by atoms with Crippen molar-refractivity contribution in [3.8, 4) is 79.7 Å². The Hall–Kier alpha value is -9.40. The van der Waals surface area contributed by atoms with Crippen molar-refractivity contribution in [2.24, 2.45) is 0 Å². The van der Waals surface area contributed by atoms with E-state index in [0.29, 0.717) is 34.9 Å². The standard InChI is InChI=1S/C62H42N8/c1-39-31-33-53-47(35-39)48-36-40(2)32-34-54(48)70(53)56-38-55(69-51-29-17-15-27-45(51)46-28-16-18-30-52(46)69)49(61-65-57(41-19-7-3-8-20-41)63-58(66-61)42-21-9-4-10-22-42)37-50(56)62-67-59(43-23-11-5-12-24-43)64-60(68-62)44-25-13-6-14-26-44/h3-38H,1-2H3. The van der Waals surface area contributed by atoms with Gasteiger partial charge in [0.25, 0.3) is 0 Å². The number of aryl methyl sites for hydroxylation is 2. The third-order valence-electron chi connectivity index (χ3n) is 13.1. The highest BCUT2D eigenvalue weighted by molar-refractivity contribution is 6.12. The lowest BCUT2D eigenvalue weighted by Crippen LogP contribution is -2.08. The first-order valence-electron chi connectivity index (χ1n) is 23.5. The summed E-state index contributed by atoms with van der Waals surface area (Å²) in [6, 6.07) is 75.7. The summed E-state index contributed by atoms with van der Waals surface area (Å²) in [6.45, 7) is 4.31. The molecule has 0 saturated carbocycles. The first-order chi connectivity index (χ1) is 34.5. The van der Waals surface area contributed by atoms with Crippen molar-refractivity contribution in [3.63, 3.8) is 0 Å². The molecule has 13 aromatic rings. The first-order valence-corrected chi connectivity index (χ1v) is 23.5. The fraction of sp³-hybridized carbons (Fsp3) is 0.0323. The van der Waals surface area contributed by atoms with Crippen LogP contribution in [0.5, 0.6) is 0 Å². The van der Waals surface area contributed by atoms with Crippen molar-refractivity contribution in [2.45, 2.75) is 13.8 Å². The fourth-order valence-corrected chi connectivity index (χ4v) is 9.86. The molecule has 0 aliphatic carbocycles. The molecule has 13 rings (SSSR count). The molecular formula is C62H42N8. The first kappa shape index (κ1) is 40.8. The molecular weight excluding hydrogens is 857 g/mol. The van der Waals surface area contributed by atoms with Gasteiger partial charge in [0.2, 0.25) is 0 Å². The van der Waals surface area contributed by atoms with Gasteiger partial charge < -0.3 is 9.13 Å². The van der Waals surface area contributed by atoms with E-state index in [0.717, 1.165) is 88.4 Å². The lowest BCUT2D eigenvalue weighted by atomic mass is 10.0. The average molecular weight is 899 g/mol. The number of hydrogen-bond acceptors (Lipinski definition) is 6. The second kappa shape index (κ2) is 16.7. The van der Waals surface area contributed by atoms with Crippen LogP contribution in [0.1, 0.15) is 11.1 Å². The molecule has 0 aliphatic rings. The maximum Gasteiger partial charge on any atom is 0.166 e. The number of rotatable bonds is 8. The Kier molecular flexibility index (Phi) is 9.76. The summed E-state index contributed by atoms with van der Waals surface area (Å²) in [4.78, 5) is 31.9. The molecule has 0 bridgehead atoms. The van der Waals surface area contributed by atoms with E-state index < -0.39 is 0 Å². The Morgan fingerprint density at radius 1 is 0.257 bits per heavy atom. The highest BCUT2D eigenvalue weighted by Crippen LogP contribution is 2.43. The topological polar surface area (TPSA) is 87.2 Å². The van der Waals surface area contributed by atoms with Crippen LogP contribution in [0.3, 0.4) is 0 Å². The summed E-state index contributed by atoms with van der Waals surface area (Å²) in [5, 5.41) is 4.60. The summed E-state index contributed by atoms with van der Waals surface area (Å²) in [7, 11) is 0. The Labute approximate surface area is 404 Å². The minimum atomic E-state index is 0.506. The number of hydrogen-bond donors (Lipinski definition) is 0. The van der Waals surface area contributed by atoms with Gasteiger partial charge in [-0.1, -0.05) is 181 Å². The van der Waals surface area contributed by atoms with Crippen molar-refractivity contribution in [1.82, 2.24) is 39.0 Å². The Balaban J connectivity index is 1.22. The molecule has 8 heteroatoms. The third-order valence-corrected chi connectivity index (χ3v) is 13.1. The number of nitrogens with zero attached hydrogens (tertiary/aromatic N) is 8. The summed E-state index contributed by atoms with van der Waals surface area (Å²) in [6.07, 6.45) is 0. The van der Waals surface area contributed by atoms with Gasteiger partial charge in [-0.3, -0.25) is 0 Å². The summed E-state index contributed by atoms with van der Waals surface area (Å²) < 4.78 is 4.74. The quantitative estimate of drug-likeness (QED) is 0.151. The smallest absolute Gasteiger partial charge is 0.166 e. The predicted octanol–water partition coefficient (Wildman–Crippen LogP) is 14.9. The molecule has 4 aromatic heterocycles. The molecule has 0 unspecified atom stereocenters. The third kappa shape index (κ3) is 7.00. The van der Waals surface area contributed by atoms with Gasteiger partial charge in [-0.25, -0.2) is 29.9 Å². The van der Waals surface area contributed by atoms with Gasteiger partial charge in [-0.15, -0.1) is 0 Å². The van der Waals surface area contributed by atoms with Gasteiger partial charge in [0.1, 0.15) is 0 Å². The lowest BCUT2D eigenvalue weighted by molar-refractivity contribution is 1.05. The van der Waals surface area contributed by atoms with Gasteiger partial charge in [-0.2, -0.15) is 0 Å². The second-order valence-electron chi connectivity index (χ2n) is 17.7. The van der Waals surface area contributed by atoms with Crippen LogP contribution < -0.4 is 0 Å². The second-order valence-corrected chi connectivity index (χ2v) is 17.7. The Morgan fingerprint density at radius 3 is 0.914 bits per heavy atom. The van der Waals surface area contributed by atoms with E-state index >= 15 is 0 Å². The van der Waals surface area contributed by atoms with Crippen molar-refractivity contribution in [1.29, 1.82) is 0 Å². The molecule has 0 spiro atoms. The van der Waals surface area contributed by atoms with E-state index in [1.54, 1.807) is 0 Å². The van der Waals surface area contributed by atoms with Crippen LogP contribution in [0.2, 0.25) is 0 Å². The van der Waals surface area contributed by atoms with Crippen LogP contribution in [0.15, 0.2) is 218 Å². The fourth-order valence-electron chi connectivity index (χ4n) is 9.86. The van der Waals surface area contributed by atoms with Crippen molar-refractivity contribution >= 4 is 43.6 Å². The normalized spacial score (nSPS) is 11.6. The summed E-state index contributed by atoms with van der Waals surface area (Å²) in [5.74, 6) is 3.27. The van der Waals surface area contributed by atoms with Crippen LogP contribution in [-0.4, -0.2) is 39.0 Å². The molecule has 0 atom stereocenters. The van der Waals surface area contributed by atoms with Crippen LogP contribution in [0.25, 0.3) is 123 Å². The molecule has 0 fully saturated rings. The van der Waals surface area contributed by atoms with Crippen LogP contribution in [0.4, 0.5) is 0 Å². The maximum absolute atomic E-state index is 5.42. The highest BCUT2D eigenvalue weighted by Gasteiger charge is 2.26. The summed E-state index contributed by atoms with van der Waals surface area (Å²) >= 11 is 0. The maximum atomic E-state index is 5.42. The van der Waals surface area contributed by atoms with Crippen molar-refractivity contribution in [2.75, 3.05) is 0 Å². The summed E-state index contributed by atoms with van der Waals surface area (Å²) in [5.41, 5.74) is 13.4. The van der Waals surface area contributed by atoms with E-state index in [-0.39, 0.29) is 0 Å². The molecule has 330 valence electrons. The number of para-hydroxylation sites is 2. The Bertz CT molecular complexity index is 3900. The molecule has 0 amide bonds. The van der Waals surface area contributed by atoms with Crippen LogP contribution in [0, 0.1) is 13.8 Å². The van der Waals surface area contributed by atoms with E-state index in [1.807, 2.05) is 121 Å². The Morgan fingerprint density at radius 2 is 0.557 bits per heavy atom. The van der Waals surface area contributed by atoms with Crippen LogP contribution >= 0.6 is 0 Å². The number of benzene rings is 9. The predicted molar refractivity (Wildman–Crippen MR) is 284 cm³/mol. The minimum absolute atomic E-state index is 0.506. The molecule has 8 nitrogen and oxygen atoms in total. The zero-order valence-corrected chi connectivity index (χ0v) is 38.4. The van der Waals surface area contributed by atoms with Gasteiger partial charge in [-0.05, 0) is 62.4 Å². The monoisotopic (exact) mass is 898 g/mol.